The van der Waals surface area contributed by atoms with E-state index in [4.69, 9.17) is 0 Å². The number of fused-ring (bicyclic) bond motifs is 1. The van der Waals surface area contributed by atoms with Crippen LogP contribution < -0.4 is 5.32 Å². The highest BCUT2D eigenvalue weighted by Gasteiger charge is 2.34. The molecule has 2 aromatic heterocycles. The molecule has 2 aliphatic rings. The zero-order valence-corrected chi connectivity index (χ0v) is 12.8. The smallest absolute Gasteiger partial charge is 0.160 e. The lowest BCUT2D eigenvalue weighted by Gasteiger charge is -2.35. The van der Waals surface area contributed by atoms with E-state index >= 15 is 0 Å². The summed E-state index contributed by atoms with van der Waals surface area (Å²) in [6, 6.07) is 6.01. The molecule has 4 heterocycles. The number of β-amino-alcohol motifs (C(OH)–C–C–N with tert-alkyl or cyclic N) is 1. The number of piperidine rings is 1. The van der Waals surface area contributed by atoms with Gasteiger partial charge in [0.2, 0.25) is 0 Å². The summed E-state index contributed by atoms with van der Waals surface area (Å²) in [4.78, 5) is 2.40. The molecule has 118 valence electrons. The Morgan fingerprint density at radius 3 is 2.91 bits per heavy atom. The van der Waals surface area contributed by atoms with Gasteiger partial charge in [-0.15, -0.1) is 10.2 Å². The van der Waals surface area contributed by atoms with Crippen LogP contribution in [-0.2, 0) is 0 Å². The number of hydrogen-bond acceptors (Lipinski definition) is 5. The quantitative estimate of drug-likeness (QED) is 0.871. The summed E-state index contributed by atoms with van der Waals surface area (Å²) in [5, 5.41) is 22.4. The third kappa shape index (κ3) is 2.62. The van der Waals surface area contributed by atoms with Gasteiger partial charge in [-0.25, -0.2) is 0 Å². The van der Waals surface area contributed by atoms with E-state index < -0.39 is 5.60 Å². The first-order valence-corrected chi connectivity index (χ1v) is 8.19. The Morgan fingerprint density at radius 1 is 1.27 bits per heavy atom. The summed E-state index contributed by atoms with van der Waals surface area (Å²) in [5.74, 6) is 1.54. The Bertz CT molecular complexity index is 641. The summed E-state index contributed by atoms with van der Waals surface area (Å²) < 4.78 is 2.11. The first-order chi connectivity index (χ1) is 10.7. The minimum Gasteiger partial charge on any atom is -0.387 e. The number of nitrogens with zero attached hydrogens (tertiary/aromatic N) is 4. The Kier molecular flexibility index (Phi) is 3.60. The first kappa shape index (κ1) is 14.1. The van der Waals surface area contributed by atoms with E-state index in [1.165, 1.54) is 0 Å². The van der Waals surface area contributed by atoms with E-state index in [0.29, 0.717) is 5.92 Å². The van der Waals surface area contributed by atoms with Gasteiger partial charge in [0.15, 0.2) is 5.65 Å². The fourth-order valence-electron chi connectivity index (χ4n) is 3.77. The van der Waals surface area contributed by atoms with Crippen molar-refractivity contribution in [1.82, 2.24) is 24.8 Å². The third-order valence-corrected chi connectivity index (χ3v) is 5.03. The second-order valence-electron chi connectivity index (χ2n) is 6.69. The van der Waals surface area contributed by atoms with Crippen molar-refractivity contribution in [2.75, 3.05) is 32.7 Å². The van der Waals surface area contributed by atoms with Crippen molar-refractivity contribution in [1.29, 1.82) is 0 Å². The lowest BCUT2D eigenvalue weighted by molar-refractivity contribution is 0.0135. The standard InChI is InChI=1S/C16H23N5O/c22-16(6-7-17-11-16)12-20-9-4-13(5-10-20)15-19-18-14-3-1-2-8-21(14)15/h1-3,8,13,17,22H,4-7,9-12H2/t16-/m0/s1. The van der Waals surface area contributed by atoms with Crippen molar-refractivity contribution in [2.24, 2.45) is 0 Å². The normalized spacial score (nSPS) is 27.7. The summed E-state index contributed by atoms with van der Waals surface area (Å²) in [6.45, 7) is 4.48. The van der Waals surface area contributed by atoms with Crippen molar-refractivity contribution in [3.63, 3.8) is 0 Å². The Labute approximate surface area is 130 Å². The van der Waals surface area contributed by atoms with Gasteiger partial charge in [0.25, 0.3) is 0 Å². The lowest BCUT2D eigenvalue weighted by Crippen LogP contribution is -2.47. The van der Waals surface area contributed by atoms with Gasteiger partial charge in [0.05, 0.1) is 5.60 Å². The molecule has 2 fully saturated rings. The average Bonchev–Trinajstić information content (AvgIpc) is 3.15. The van der Waals surface area contributed by atoms with Crippen LogP contribution in [0.3, 0.4) is 0 Å². The van der Waals surface area contributed by atoms with Crippen molar-refractivity contribution in [3.8, 4) is 0 Å². The molecule has 0 aliphatic carbocycles. The molecule has 0 spiro atoms. The van der Waals surface area contributed by atoms with Gasteiger partial charge in [-0.2, -0.15) is 0 Å². The molecule has 2 saturated heterocycles. The number of hydrogen-bond donors (Lipinski definition) is 2. The highest BCUT2D eigenvalue weighted by Crippen LogP contribution is 2.28. The fraction of sp³-hybridized carbons (Fsp3) is 0.625. The van der Waals surface area contributed by atoms with E-state index in [0.717, 1.165) is 63.5 Å². The second-order valence-corrected chi connectivity index (χ2v) is 6.69. The molecular weight excluding hydrogens is 278 g/mol. The van der Waals surface area contributed by atoms with Gasteiger partial charge in [0, 0.05) is 25.2 Å². The molecule has 2 N–H and O–H groups in total. The molecular formula is C16H23N5O. The van der Waals surface area contributed by atoms with E-state index in [9.17, 15) is 5.11 Å². The molecule has 2 aliphatic heterocycles. The van der Waals surface area contributed by atoms with Crippen LogP contribution >= 0.6 is 0 Å². The molecule has 1 atom stereocenters. The highest BCUT2D eigenvalue weighted by molar-refractivity contribution is 5.37. The summed E-state index contributed by atoms with van der Waals surface area (Å²) in [5.41, 5.74) is 0.389. The van der Waals surface area contributed by atoms with Gasteiger partial charge in [-0.05, 0) is 51.0 Å². The molecule has 4 rings (SSSR count). The van der Waals surface area contributed by atoms with Crippen molar-refractivity contribution >= 4 is 5.65 Å². The Morgan fingerprint density at radius 2 is 2.14 bits per heavy atom. The second kappa shape index (κ2) is 5.61. The van der Waals surface area contributed by atoms with Crippen molar-refractivity contribution < 1.29 is 5.11 Å². The van der Waals surface area contributed by atoms with Gasteiger partial charge in [-0.3, -0.25) is 4.40 Å². The van der Waals surface area contributed by atoms with Crippen LogP contribution in [0.25, 0.3) is 5.65 Å². The van der Waals surface area contributed by atoms with Crippen LogP contribution in [0.4, 0.5) is 0 Å². The lowest BCUT2D eigenvalue weighted by atomic mass is 9.94. The largest absolute Gasteiger partial charge is 0.387 e. The predicted molar refractivity (Wildman–Crippen MR) is 83.8 cm³/mol. The van der Waals surface area contributed by atoms with Crippen LogP contribution in [0, 0.1) is 0 Å². The minimum absolute atomic E-state index is 0.463. The summed E-state index contributed by atoms with van der Waals surface area (Å²) in [6.07, 6.45) is 5.07. The van der Waals surface area contributed by atoms with Crippen molar-refractivity contribution in [3.05, 3.63) is 30.2 Å². The highest BCUT2D eigenvalue weighted by atomic mass is 16.3. The van der Waals surface area contributed by atoms with Crippen LogP contribution in [0.15, 0.2) is 24.4 Å². The fourth-order valence-corrected chi connectivity index (χ4v) is 3.77. The number of aliphatic hydroxyl groups is 1. The molecule has 2 aromatic rings. The average molecular weight is 301 g/mol. The molecule has 0 aromatic carbocycles. The summed E-state index contributed by atoms with van der Waals surface area (Å²) in [7, 11) is 0. The SMILES string of the molecule is O[C@@]1(CN2CCC(c3nnc4ccccn34)CC2)CCNC1. The Hall–Kier alpha value is -1.50. The van der Waals surface area contributed by atoms with Crippen LogP contribution in [-0.4, -0.2) is 62.9 Å². The third-order valence-electron chi connectivity index (χ3n) is 5.03. The topological polar surface area (TPSA) is 65.7 Å². The number of aromatic nitrogens is 3. The van der Waals surface area contributed by atoms with Crippen molar-refractivity contribution in [2.45, 2.75) is 30.8 Å². The van der Waals surface area contributed by atoms with E-state index in [1.807, 2.05) is 24.4 Å². The molecule has 0 radical (unpaired) electrons. The first-order valence-electron chi connectivity index (χ1n) is 8.19. The number of likely N-dealkylation sites (tertiary alicyclic amines) is 1. The zero-order chi connectivity index (χ0) is 15.0. The van der Waals surface area contributed by atoms with E-state index in [2.05, 4.69) is 24.8 Å². The van der Waals surface area contributed by atoms with E-state index in [1.54, 1.807) is 0 Å². The number of nitrogens with one attached hydrogen (secondary N) is 1. The van der Waals surface area contributed by atoms with Crippen LogP contribution in [0.1, 0.15) is 31.0 Å². The van der Waals surface area contributed by atoms with Gasteiger partial charge in [-0.1, -0.05) is 6.07 Å². The number of rotatable bonds is 3. The number of pyridine rings is 1. The Balaban J connectivity index is 1.41. The maximum Gasteiger partial charge on any atom is 0.160 e. The van der Waals surface area contributed by atoms with Crippen LogP contribution in [0.2, 0.25) is 0 Å². The van der Waals surface area contributed by atoms with E-state index in [-0.39, 0.29) is 0 Å². The maximum atomic E-state index is 10.5. The zero-order valence-electron chi connectivity index (χ0n) is 12.8. The van der Waals surface area contributed by atoms with Gasteiger partial charge < -0.3 is 15.3 Å². The van der Waals surface area contributed by atoms with Crippen LogP contribution in [0.5, 0.6) is 0 Å². The monoisotopic (exact) mass is 301 g/mol. The van der Waals surface area contributed by atoms with Gasteiger partial charge >= 0.3 is 0 Å². The maximum absolute atomic E-state index is 10.5. The minimum atomic E-state index is -0.533. The van der Waals surface area contributed by atoms with Gasteiger partial charge in [0.1, 0.15) is 5.82 Å². The molecule has 0 saturated carbocycles. The molecule has 22 heavy (non-hydrogen) atoms. The predicted octanol–water partition coefficient (Wildman–Crippen LogP) is 0.633. The molecule has 0 amide bonds. The molecule has 6 heteroatoms. The molecule has 0 bridgehead atoms. The summed E-state index contributed by atoms with van der Waals surface area (Å²) >= 11 is 0. The molecule has 0 unspecified atom stereocenters. The molecule has 6 nitrogen and oxygen atoms in total.